The van der Waals surface area contributed by atoms with Crippen LogP contribution in [0.5, 0.6) is 0 Å². The molecule has 0 radical (unpaired) electrons. The summed E-state index contributed by atoms with van der Waals surface area (Å²) in [6.45, 7) is 3.18. The van der Waals surface area contributed by atoms with Crippen molar-refractivity contribution in [1.82, 2.24) is 0 Å². The van der Waals surface area contributed by atoms with Gasteiger partial charge in [-0.15, -0.1) is 0 Å². The lowest BCUT2D eigenvalue weighted by Crippen LogP contribution is -2.64. The quantitative estimate of drug-likeness (QED) is 0.0183. The number of rotatable bonds is 32. The molecule has 314 valence electrons. The Kier molecular flexibility index (Phi) is 28.9. The Labute approximate surface area is 323 Å². The van der Waals surface area contributed by atoms with E-state index in [-0.39, 0.29) is 12.8 Å². The van der Waals surface area contributed by atoms with Gasteiger partial charge in [0.05, 0.1) is 6.61 Å². The van der Waals surface area contributed by atoms with Gasteiger partial charge in [0, 0.05) is 12.8 Å². The van der Waals surface area contributed by atoms with Crippen LogP contribution in [0.3, 0.4) is 0 Å². The third-order valence-corrected chi connectivity index (χ3v) is 10.2. The predicted octanol–water partition coefficient (Wildman–Crippen LogP) is 6.66. The van der Waals surface area contributed by atoms with Gasteiger partial charge in [0.2, 0.25) is 0 Å². The third-order valence-electron chi connectivity index (χ3n) is 9.23. The molecule has 0 amide bonds. The van der Waals surface area contributed by atoms with Crippen molar-refractivity contribution in [2.24, 2.45) is 0 Å². The van der Waals surface area contributed by atoms with Crippen LogP contribution in [0.4, 0.5) is 0 Å². The van der Waals surface area contributed by atoms with Gasteiger partial charge in [0.25, 0.3) is 0 Å². The summed E-state index contributed by atoms with van der Waals surface area (Å²) in [5.41, 5.74) is 0. The number of aliphatic hydroxyl groups excluding tert-OH is 5. The number of phosphoric acid groups is 1. The molecule has 0 saturated heterocycles. The Balaban J connectivity index is 2.55. The highest BCUT2D eigenvalue weighted by atomic mass is 31.2. The fourth-order valence-corrected chi connectivity index (χ4v) is 6.85. The summed E-state index contributed by atoms with van der Waals surface area (Å²) in [5.74, 6) is -1.15. The molecule has 1 rings (SSSR count). The minimum atomic E-state index is -5.11. The van der Waals surface area contributed by atoms with Crippen LogP contribution < -0.4 is 0 Å². The summed E-state index contributed by atoms with van der Waals surface area (Å²) in [6.07, 6.45) is 19.4. The topological polar surface area (TPSA) is 210 Å². The molecule has 0 heterocycles. The van der Waals surface area contributed by atoms with Crippen molar-refractivity contribution in [3.8, 4) is 0 Å². The fourth-order valence-electron chi connectivity index (χ4n) is 5.88. The summed E-state index contributed by atoms with van der Waals surface area (Å²) in [6, 6.07) is 0. The Morgan fingerprint density at radius 3 is 1.56 bits per heavy atom. The molecule has 0 aliphatic heterocycles. The highest BCUT2D eigenvalue weighted by molar-refractivity contribution is 7.47. The van der Waals surface area contributed by atoms with E-state index in [0.29, 0.717) is 12.8 Å². The van der Waals surface area contributed by atoms with Crippen LogP contribution in [0.2, 0.25) is 0 Å². The van der Waals surface area contributed by atoms with Gasteiger partial charge in [-0.25, -0.2) is 4.57 Å². The number of aliphatic hydroxyl groups is 5. The number of carbonyl (C=O) groups excluding carboxylic acids is 2. The molecule has 1 aliphatic rings. The van der Waals surface area contributed by atoms with Crippen LogP contribution in [0, 0.1) is 0 Å². The zero-order valence-corrected chi connectivity index (χ0v) is 33.7. The number of unbranched alkanes of at least 4 members (excludes halogenated alkanes) is 14. The van der Waals surface area contributed by atoms with Crippen LogP contribution in [-0.2, 0) is 32.7 Å². The molecule has 1 saturated carbocycles. The molecule has 0 aromatic carbocycles. The molecule has 8 atom stereocenters. The van der Waals surface area contributed by atoms with Gasteiger partial charge < -0.3 is 39.9 Å². The summed E-state index contributed by atoms with van der Waals surface area (Å²) < 4.78 is 33.3. The van der Waals surface area contributed by atoms with Gasteiger partial charge in [0.15, 0.2) is 6.10 Å². The van der Waals surface area contributed by atoms with E-state index in [9.17, 15) is 44.6 Å². The van der Waals surface area contributed by atoms with Crippen LogP contribution >= 0.6 is 7.82 Å². The first-order chi connectivity index (χ1) is 25.9. The second kappa shape index (κ2) is 31.2. The molecule has 0 spiro atoms. The predicted molar refractivity (Wildman–Crippen MR) is 207 cm³/mol. The van der Waals surface area contributed by atoms with Gasteiger partial charge in [-0.1, -0.05) is 121 Å². The molecule has 0 aromatic heterocycles. The monoisotopic (exact) mass is 790 g/mol. The van der Waals surface area contributed by atoms with E-state index in [1.165, 1.54) is 51.4 Å². The molecule has 0 bridgehead atoms. The van der Waals surface area contributed by atoms with Gasteiger partial charge in [-0.05, 0) is 51.4 Å². The van der Waals surface area contributed by atoms with Crippen LogP contribution in [0.25, 0.3) is 0 Å². The van der Waals surface area contributed by atoms with Crippen molar-refractivity contribution in [2.75, 3.05) is 13.2 Å². The first kappa shape index (κ1) is 50.1. The molecule has 54 heavy (non-hydrogen) atoms. The fraction of sp³-hybridized carbons (Fsp3) is 0.800. The zero-order valence-electron chi connectivity index (χ0n) is 32.8. The first-order valence-corrected chi connectivity index (χ1v) is 21.8. The maximum Gasteiger partial charge on any atom is 0.472 e. The minimum Gasteiger partial charge on any atom is -0.462 e. The third kappa shape index (κ3) is 23.9. The van der Waals surface area contributed by atoms with Gasteiger partial charge in [0.1, 0.15) is 43.2 Å². The second-order valence-corrected chi connectivity index (χ2v) is 15.5. The van der Waals surface area contributed by atoms with Crippen molar-refractivity contribution >= 4 is 19.8 Å². The molecule has 1 fully saturated rings. The average molecular weight is 791 g/mol. The van der Waals surface area contributed by atoms with Crippen molar-refractivity contribution < 1.29 is 63.1 Å². The standard InChI is InChI=1S/C40H71O13P/c1-3-5-7-9-11-13-15-16-17-18-19-21-22-24-26-28-33(41)50-30-32(52-34(42)29-27-25-23-20-14-12-10-8-6-4-2)31-51-54(48,49)53-40-38(46)36(44)35(43)37(45)39(40)47/h11,13,16-17,19,21,32,35-40,43-47H,3-10,12,14-15,18,20,22-31H2,1-2H3,(H,48,49)/b13-11+,17-16+,21-19+/t32-,35?,36-,37?,38?,39?,40?/m1/s1. The highest BCUT2D eigenvalue weighted by Gasteiger charge is 2.51. The van der Waals surface area contributed by atoms with Crippen LogP contribution in [-0.4, -0.2) is 98.3 Å². The molecule has 0 aromatic rings. The van der Waals surface area contributed by atoms with Crippen molar-refractivity contribution in [3.63, 3.8) is 0 Å². The van der Waals surface area contributed by atoms with E-state index in [2.05, 4.69) is 50.3 Å². The summed E-state index contributed by atoms with van der Waals surface area (Å²) in [4.78, 5) is 35.4. The van der Waals surface area contributed by atoms with E-state index >= 15 is 0 Å². The molecular weight excluding hydrogens is 719 g/mol. The number of carbonyl (C=O) groups is 2. The number of hydrogen-bond acceptors (Lipinski definition) is 12. The van der Waals surface area contributed by atoms with Crippen molar-refractivity contribution in [3.05, 3.63) is 36.5 Å². The number of esters is 2. The normalized spacial score (nSPS) is 23.6. The van der Waals surface area contributed by atoms with E-state index < -0.39 is 75.7 Å². The Morgan fingerprint density at radius 2 is 1.00 bits per heavy atom. The van der Waals surface area contributed by atoms with Crippen molar-refractivity contribution in [2.45, 2.75) is 191 Å². The molecule has 6 unspecified atom stereocenters. The van der Waals surface area contributed by atoms with E-state index in [0.717, 1.165) is 57.8 Å². The Morgan fingerprint density at radius 1 is 0.574 bits per heavy atom. The molecule has 14 heteroatoms. The lowest BCUT2D eigenvalue weighted by molar-refractivity contribution is -0.220. The first-order valence-electron chi connectivity index (χ1n) is 20.3. The average Bonchev–Trinajstić information content (AvgIpc) is 3.15. The van der Waals surface area contributed by atoms with E-state index in [4.69, 9.17) is 18.5 Å². The SMILES string of the molecule is CCCCC/C=C/C/C=C/C/C=C/CCCCC(=O)OC[C@H](COP(=O)(O)OC1C(O)C(O)C(O)[C@@H](O)C1O)OC(=O)CCCCCCCCCCCC. The smallest absolute Gasteiger partial charge is 0.462 e. The van der Waals surface area contributed by atoms with Gasteiger partial charge >= 0.3 is 19.8 Å². The van der Waals surface area contributed by atoms with Crippen LogP contribution in [0.15, 0.2) is 36.5 Å². The summed E-state index contributed by atoms with van der Waals surface area (Å²) in [7, 11) is -5.11. The number of phosphoric ester groups is 1. The van der Waals surface area contributed by atoms with Crippen molar-refractivity contribution in [1.29, 1.82) is 0 Å². The van der Waals surface area contributed by atoms with Gasteiger partial charge in [-0.2, -0.15) is 0 Å². The Hall–Kier alpha value is -1.93. The Bertz CT molecular complexity index is 1100. The van der Waals surface area contributed by atoms with E-state index in [1.54, 1.807) is 0 Å². The largest absolute Gasteiger partial charge is 0.472 e. The lowest BCUT2D eigenvalue weighted by atomic mass is 9.85. The molecule has 1 aliphatic carbocycles. The van der Waals surface area contributed by atoms with Gasteiger partial charge in [-0.3, -0.25) is 18.6 Å². The number of allylic oxidation sites excluding steroid dienone is 6. The minimum absolute atomic E-state index is 0.0896. The molecule has 13 nitrogen and oxygen atoms in total. The maximum absolute atomic E-state index is 12.7. The number of hydrogen-bond donors (Lipinski definition) is 6. The summed E-state index contributed by atoms with van der Waals surface area (Å²) in [5, 5.41) is 49.9. The second-order valence-electron chi connectivity index (χ2n) is 14.1. The highest BCUT2D eigenvalue weighted by Crippen LogP contribution is 2.47. The lowest BCUT2D eigenvalue weighted by Gasteiger charge is -2.41. The van der Waals surface area contributed by atoms with E-state index in [1.807, 2.05) is 0 Å². The zero-order chi connectivity index (χ0) is 40.0. The molecular formula is C40H71O13P. The maximum atomic E-state index is 12.7. The summed E-state index contributed by atoms with van der Waals surface area (Å²) >= 11 is 0. The van der Waals surface area contributed by atoms with Crippen LogP contribution in [0.1, 0.15) is 149 Å². The number of ether oxygens (including phenoxy) is 2. The molecule has 6 N–H and O–H groups in total.